The Morgan fingerprint density at radius 2 is 1.52 bits per heavy atom. The number of rotatable bonds is 12. The zero-order chi connectivity index (χ0) is 21.9. The van der Waals surface area contributed by atoms with Gasteiger partial charge in [-0.25, -0.2) is 4.39 Å². The maximum absolute atomic E-state index is 14.7. The van der Waals surface area contributed by atoms with Crippen molar-refractivity contribution < 1.29 is 4.39 Å². The van der Waals surface area contributed by atoms with Gasteiger partial charge in [-0.3, -0.25) is 0 Å². The summed E-state index contributed by atoms with van der Waals surface area (Å²) in [6.07, 6.45) is 17.8. The number of unbranched alkanes of at least 4 members (excludes halogenated alkanes) is 4. The number of aryl methyl sites for hydroxylation is 2. The van der Waals surface area contributed by atoms with Crippen LogP contribution in [-0.4, -0.2) is 10.2 Å². The highest BCUT2D eigenvalue weighted by Gasteiger charge is 2.21. The first-order chi connectivity index (χ1) is 15.2. The van der Waals surface area contributed by atoms with Crippen molar-refractivity contribution in [1.82, 2.24) is 10.2 Å². The van der Waals surface area contributed by atoms with Gasteiger partial charge in [0.2, 0.25) is 0 Å². The van der Waals surface area contributed by atoms with Crippen LogP contribution in [0.5, 0.6) is 0 Å². The Hall–Kier alpha value is -1.77. The van der Waals surface area contributed by atoms with E-state index in [0.717, 1.165) is 60.0 Å². The van der Waals surface area contributed by atoms with Gasteiger partial charge in [0.25, 0.3) is 0 Å². The lowest BCUT2D eigenvalue weighted by molar-refractivity contribution is 0.248. The van der Waals surface area contributed by atoms with Crippen molar-refractivity contribution in [2.24, 2.45) is 11.8 Å². The van der Waals surface area contributed by atoms with Crippen molar-refractivity contribution in [1.29, 1.82) is 0 Å². The number of hydrogen-bond donors (Lipinski definition) is 0. The molecular weight excluding hydrogens is 383 g/mol. The second-order valence-corrected chi connectivity index (χ2v) is 9.59. The van der Waals surface area contributed by atoms with Crippen LogP contribution >= 0.6 is 0 Å². The molecule has 0 N–H and O–H groups in total. The fourth-order valence-electron chi connectivity index (χ4n) is 5.02. The van der Waals surface area contributed by atoms with Crippen LogP contribution < -0.4 is 0 Å². The van der Waals surface area contributed by atoms with Gasteiger partial charge < -0.3 is 0 Å². The average molecular weight is 425 g/mol. The molecule has 1 fully saturated rings. The third-order valence-corrected chi connectivity index (χ3v) is 7.08. The minimum atomic E-state index is -0.0994. The Morgan fingerprint density at radius 1 is 0.774 bits per heavy atom. The van der Waals surface area contributed by atoms with Crippen LogP contribution in [0.25, 0.3) is 11.3 Å². The second-order valence-electron chi connectivity index (χ2n) is 9.59. The van der Waals surface area contributed by atoms with E-state index in [0.29, 0.717) is 0 Å². The summed E-state index contributed by atoms with van der Waals surface area (Å²) in [5.74, 6) is 1.61. The number of aromatic nitrogens is 2. The van der Waals surface area contributed by atoms with Gasteiger partial charge in [-0.2, -0.15) is 10.2 Å². The molecule has 31 heavy (non-hydrogen) atoms. The summed E-state index contributed by atoms with van der Waals surface area (Å²) in [6.45, 7) is 4.41. The maximum atomic E-state index is 14.7. The zero-order valence-electron chi connectivity index (χ0n) is 19.7. The summed E-state index contributed by atoms with van der Waals surface area (Å²) in [6, 6.07) is 9.54. The molecular formula is C28H41FN2. The van der Waals surface area contributed by atoms with Gasteiger partial charge in [-0.15, -0.1) is 0 Å². The van der Waals surface area contributed by atoms with Crippen LogP contribution in [0.1, 0.15) is 102 Å². The number of hydrogen-bond acceptors (Lipinski definition) is 2. The largest absolute Gasteiger partial charge is 0.207 e. The Labute approximate surface area is 189 Å². The van der Waals surface area contributed by atoms with E-state index < -0.39 is 0 Å². The topological polar surface area (TPSA) is 25.8 Å². The van der Waals surface area contributed by atoms with Crippen LogP contribution in [0.4, 0.5) is 4.39 Å². The predicted molar refractivity (Wildman–Crippen MR) is 129 cm³/mol. The highest BCUT2D eigenvalue weighted by atomic mass is 19.1. The van der Waals surface area contributed by atoms with E-state index >= 15 is 0 Å². The standard InChI is InChI=1S/C28H41FN2/c1-3-5-6-7-8-10-22-11-13-23(14-12-22)15-16-24-17-18-25(21-27(24)29)28-20-19-26(9-4-2)30-31-28/h17-23H,3-16H2,1-2H3. The molecule has 0 aliphatic heterocycles. The maximum Gasteiger partial charge on any atom is 0.127 e. The summed E-state index contributed by atoms with van der Waals surface area (Å²) in [5.41, 5.74) is 3.40. The lowest BCUT2D eigenvalue weighted by Gasteiger charge is -2.28. The smallest absolute Gasteiger partial charge is 0.127 e. The summed E-state index contributed by atoms with van der Waals surface area (Å²) in [4.78, 5) is 0. The summed E-state index contributed by atoms with van der Waals surface area (Å²) in [5, 5.41) is 8.54. The van der Waals surface area contributed by atoms with Crippen molar-refractivity contribution >= 4 is 0 Å². The molecule has 3 rings (SSSR count). The van der Waals surface area contributed by atoms with E-state index in [1.807, 2.05) is 24.3 Å². The molecule has 2 nitrogen and oxygen atoms in total. The third kappa shape index (κ3) is 7.70. The normalized spacial score (nSPS) is 18.9. The first-order valence-electron chi connectivity index (χ1n) is 12.8. The molecule has 1 heterocycles. The molecule has 0 saturated heterocycles. The SMILES string of the molecule is CCCCCCCC1CCC(CCc2ccc(-c3ccc(CCC)nn3)cc2F)CC1. The Kier molecular flexibility index (Phi) is 9.96. The van der Waals surface area contributed by atoms with Crippen molar-refractivity contribution in [3.8, 4) is 11.3 Å². The van der Waals surface area contributed by atoms with Crippen LogP contribution in [0, 0.1) is 17.7 Å². The van der Waals surface area contributed by atoms with Gasteiger partial charge >= 0.3 is 0 Å². The summed E-state index contributed by atoms with van der Waals surface area (Å²) < 4.78 is 14.7. The van der Waals surface area contributed by atoms with Crippen molar-refractivity contribution in [3.05, 3.63) is 47.4 Å². The molecule has 0 unspecified atom stereocenters. The minimum Gasteiger partial charge on any atom is -0.207 e. The van der Waals surface area contributed by atoms with Crippen LogP contribution in [0.15, 0.2) is 30.3 Å². The van der Waals surface area contributed by atoms with E-state index in [9.17, 15) is 4.39 Å². The molecule has 0 radical (unpaired) electrons. The Morgan fingerprint density at radius 3 is 2.16 bits per heavy atom. The first kappa shape index (κ1) is 23.9. The fraction of sp³-hybridized carbons (Fsp3) is 0.643. The number of halogens is 1. The van der Waals surface area contributed by atoms with Crippen molar-refractivity contribution in [3.63, 3.8) is 0 Å². The number of benzene rings is 1. The molecule has 1 aliphatic carbocycles. The quantitative estimate of drug-likeness (QED) is 0.320. The molecule has 0 amide bonds. The molecule has 1 aromatic carbocycles. The fourth-order valence-corrected chi connectivity index (χ4v) is 5.02. The lowest BCUT2D eigenvalue weighted by atomic mass is 9.77. The molecule has 1 saturated carbocycles. The van der Waals surface area contributed by atoms with E-state index in [-0.39, 0.29) is 5.82 Å². The molecule has 1 aromatic heterocycles. The Bertz CT molecular complexity index is 763. The van der Waals surface area contributed by atoms with Gasteiger partial charge in [-0.1, -0.05) is 96.6 Å². The van der Waals surface area contributed by atoms with Crippen LogP contribution in [0.2, 0.25) is 0 Å². The lowest BCUT2D eigenvalue weighted by Crippen LogP contribution is -2.15. The van der Waals surface area contributed by atoms with Gasteiger partial charge in [-0.05, 0) is 54.9 Å². The third-order valence-electron chi connectivity index (χ3n) is 7.08. The molecule has 0 bridgehead atoms. The van der Waals surface area contributed by atoms with Gasteiger partial charge in [0, 0.05) is 5.56 Å². The monoisotopic (exact) mass is 424 g/mol. The molecule has 170 valence electrons. The molecule has 2 aromatic rings. The molecule has 0 spiro atoms. The van der Waals surface area contributed by atoms with E-state index in [2.05, 4.69) is 24.0 Å². The van der Waals surface area contributed by atoms with Crippen molar-refractivity contribution in [2.45, 2.75) is 104 Å². The van der Waals surface area contributed by atoms with Gasteiger partial charge in [0.1, 0.15) is 5.82 Å². The molecule has 0 atom stereocenters. The first-order valence-corrected chi connectivity index (χ1v) is 12.8. The highest BCUT2D eigenvalue weighted by Crippen LogP contribution is 2.34. The van der Waals surface area contributed by atoms with Crippen molar-refractivity contribution in [2.75, 3.05) is 0 Å². The van der Waals surface area contributed by atoms with Crippen LogP contribution in [0.3, 0.4) is 0 Å². The molecule has 1 aliphatic rings. The highest BCUT2D eigenvalue weighted by molar-refractivity contribution is 5.59. The summed E-state index contributed by atoms with van der Waals surface area (Å²) >= 11 is 0. The van der Waals surface area contributed by atoms with Gasteiger partial charge in [0.15, 0.2) is 0 Å². The minimum absolute atomic E-state index is 0.0994. The number of nitrogens with zero attached hydrogens (tertiary/aromatic N) is 2. The van der Waals surface area contributed by atoms with Gasteiger partial charge in [0.05, 0.1) is 11.4 Å². The summed E-state index contributed by atoms with van der Waals surface area (Å²) in [7, 11) is 0. The predicted octanol–water partition coefficient (Wildman–Crippen LogP) is 8.33. The van der Waals surface area contributed by atoms with Crippen LogP contribution in [-0.2, 0) is 12.8 Å². The average Bonchev–Trinajstić information content (AvgIpc) is 2.80. The molecule has 3 heteroatoms. The van der Waals surface area contributed by atoms with E-state index in [1.165, 1.54) is 64.2 Å². The second kappa shape index (κ2) is 12.9. The zero-order valence-corrected chi connectivity index (χ0v) is 19.7. The Balaban J connectivity index is 1.42. The van der Waals surface area contributed by atoms with E-state index in [1.54, 1.807) is 6.07 Å². The van der Waals surface area contributed by atoms with E-state index in [4.69, 9.17) is 0 Å².